The average Bonchev–Trinajstić information content (AvgIpc) is 3.41. The van der Waals surface area contributed by atoms with Gasteiger partial charge in [-0.25, -0.2) is 4.57 Å². The molecule has 2 aromatic heterocycles. The predicted molar refractivity (Wildman–Crippen MR) is 186 cm³/mol. The molecule has 0 spiro atoms. The number of fused-ring (bicyclic) bond motifs is 9. The Morgan fingerprint density at radius 2 is 1.25 bits per heavy atom. The van der Waals surface area contributed by atoms with E-state index in [0.29, 0.717) is 5.56 Å². The van der Waals surface area contributed by atoms with Gasteiger partial charge in [-0.3, -0.25) is 0 Å². The smallest absolute Gasteiger partial charge is 0.216 e. The lowest BCUT2D eigenvalue weighted by atomic mass is 9.87. The van der Waals surface area contributed by atoms with Gasteiger partial charge in [-0.15, -0.1) is 0 Å². The van der Waals surface area contributed by atoms with Crippen LogP contribution in [0.25, 0.3) is 76.6 Å². The van der Waals surface area contributed by atoms with E-state index < -0.39 is 11.8 Å². The highest BCUT2D eigenvalue weighted by atomic mass is 16.3. The fraction of sp³-hybridized carbons (Fsp3) is 0.167. The molecule has 8 rings (SSSR count). The van der Waals surface area contributed by atoms with E-state index in [4.69, 9.17) is 7.16 Å². The minimum Gasteiger partial charge on any atom is -0.455 e. The Kier molecular flexibility index (Phi) is 5.45. The second kappa shape index (κ2) is 9.79. The Morgan fingerprint density at radius 3 is 1.89 bits per heavy atom. The van der Waals surface area contributed by atoms with Crippen molar-refractivity contribution in [3.8, 4) is 22.4 Å². The van der Waals surface area contributed by atoms with Crippen LogP contribution in [0, 0.1) is 12.3 Å². The number of furan rings is 1. The molecule has 0 N–H and O–H groups in total. The summed E-state index contributed by atoms with van der Waals surface area (Å²) in [6, 6.07) is 38.5. The summed E-state index contributed by atoms with van der Waals surface area (Å²) in [7, 11) is 2.08. The van der Waals surface area contributed by atoms with Gasteiger partial charge in [-0.1, -0.05) is 106 Å². The Balaban J connectivity index is 1.33. The molecule has 2 heteroatoms. The molecule has 2 nitrogen and oxygen atoms in total. The molecule has 214 valence electrons. The largest absolute Gasteiger partial charge is 0.455 e. The van der Waals surface area contributed by atoms with Crippen molar-refractivity contribution in [1.29, 1.82) is 0 Å². The fourth-order valence-electron chi connectivity index (χ4n) is 6.83. The first kappa shape index (κ1) is 24.5. The maximum Gasteiger partial charge on any atom is 0.216 e. The van der Waals surface area contributed by atoms with Crippen LogP contribution in [0.4, 0.5) is 0 Å². The van der Waals surface area contributed by atoms with Crippen LogP contribution in [0.1, 0.15) is 34.6 Å². The molecule has 0 saturated heterocycles. The van der Waals surface area contributed by atoms with Crippen LogP contribution in [0.2, 0.25) is 0 Å². The summed E-state index contributed by atoms with van der Waals surface area (Å²) in [6.07, 6.45) is 0.664. The highest BCUT2D eigenvalue weighted by Crippen LogP contribution is 2.42. The monoisotopic (exact) mass is 572 g/mol. The van der Waals surface area contributed by atoms with Crippen LogP contribution < -0.4 is 4.57 Å². The van der Waals surface area contributed by atoms with E-state index >= 15 is 0 Å². The number of rotatable bonds is 3. The van der Waals surface area contributed by atoms with Gasteiger partial charge < -0.3 is 4.42 Å². The highest BCUT2D eigenvalue weighted by Gasteiger charge is 2.22. The predicted octanol–water partition coefficient (Wildman–Crippen LogP) is 11.1. The van der Waals surface area contributed by atoms with Crippen LogP contribution in [0.5, 0.6) is 0 Å². The molecule has 6 aromatic carbocycles. The Bertz CT molecular complexity index is 2500. The first-order chi connectivity index (χ1) is 22.0. The van der Waals surface area contributed by atoms with E-state index in [-0.39, 0.29) is 0 Å². The second-order valence-electron chi connectivity index (χ2n) is 13.1. The third-order valence-corrected chi connectivity index (χ3v) is 8.86. The van der Waals surface area contributed by atoms with Crippen molar-refractivity contribution in [1.82, 2.24) is 0 Å². The Labute approximate surface area is 261 Å². The zero-order valence-electron chi connectivity index (χ0n) is 27.8. The van der Waals surface area contributed by atoms with E-state index in [1.165, 1.54) is 32.3 Å². The molecule has 0 radical (unpaired) electrons. The maximum atomic E-state index is 8.69. The van der Waals surface area contributed by atoms with Gasteiger partial charge >= 0.3 is 0 Å². The van der Waals surface area contributed by atoms with Crippen molar-refractivity contribution in [3.05, 3.63) is 127 Å². The van der Waals surface area contributed by atoms with Crippen LogP contribution in [0.3, 0.4) is 0 Å². The number of hydrogen-bond donors (Lipinski definition) is 0. The molecule has 2 heterocycles. The van der Waals surface area contributed by atoms with Crippen LogP contribution in [-0.4, -0.2) is 0 Å². The van der Waals surface area contributed by atoms with Gasteiger partial charge in [0.15, 0.2) is 6.20 Å². The summed E-state index contributed by atoms with van der Waals surface area (Å²) in [5, 5.41) is 9.66. The van der Waals surface area contributed by atoms with Crippen molar-refractivity contribution < 1.29 is 11.7 Å². The van der Waals surface area contributed by atoms with Crippen molar-refractivity contribution >= 4 is 54.3 Å². The molecular formula is C42H36NO+. The number of benzene rings is 6. The first-order valence-electron chi connectivity index (χ1n) is 16.3. The minimum atomic E-state index is -1.43. The van der Waals surface area contributed by atoms with Crippen LogP contribution in [-0.2, 0) is 13.4 Å². The molecule has 0 aliphatic heterocycles. The molecule has 0 fully saturated rings. The van der Waals surface area contributed by atoms with E-state index in [0.717, 1.165) is 49.9 Å². The normalized spacial score (nSPS) is 13.3. The first-order valence-corrected chi connectivity index (χ1v) is 15.3. The number of hydrogen-bond acceptors (Lipinski definition) is 1. The fourth-order valence-corrected chi connectivity index (χ4v) is 6.83. The zero-order chi connectivity index (χ0) is 32.0. The molecule has 8 aromatic rings. The van der Waals surface area contributed by atoms with E-state index in [1.54, 1.807) is 0 Å². The summed E-state index contributed by atoms with van der Waals surface area (Å²) >= 11 is 0. The Morgan fingerprint density at radius 1 is 0.636 bits per heavy atom. The van der Waals surface area contributed by atoms with Gasteiger partial charge in [0.25, 0.3) is 0 Å². The molecule has 44 heavy (non-hydrogen) atoms. The quantitative estimate of drug-likeness (QED) is 0.152. The van der Waals surface area contributed by atoms with Crippen LogP contribution in [0.15, 0.2) is 120 Å². The van der Waals surface area contributed by atoms with Gasteiger partial charge in [0.05, 0.1) is 5.56 Å². The van der Waals surface area contributed by atoms with Crippen molar-refractivity contribution in [2.75, 3.05) is 0 Å². The second-order valence-corrected chi connectivity index (χ2v) is 13.1. The van der Waals surface area contributed by atoms with Gasteiger partial charge in [0.2, 0.25) is 5.69 Å². The lowest BCUT2D eigenvalue weighted by Gasteiger charge is -2.18. The third-order valence-electron chi connectivity index (χ3n) is 8.86. The molecule has 0 aliphatic rings. The molecule has 0 aliphatic carbocycles. The summed E-state index contributed by atoms with van der Waals surface area (Å²) in [6.45, 7) is 7.98. The van der Waals surface area contributed by atoms with Crippen molar-refractivity contribution in [3.63, 3.8) is 0 Å². The topological polar surface area (TPSA) is 17.0 Å². The molecule has 0 atom stereocenters. The molecule has 0 amide bonds. The number of nitrogens with zero attached hydrogens (tertiary/aromatic N) is 1. The summed E-state index contributed by atoms with van der Waals surface area (Å²) in [5.74, 6) is 0. The number of pyridine rings is 1. The standard InChI is InChI=1S/C42H36NO/c1-26-14-19-34-37-23-35-32-12-8-6-10-30(32)31-11-7-9-13-33(31)36(35)24-39(37)44-41(34)40(26)38-22-29(20-21-43(38)5)28-17-15-27(16-18-28)25-42(2,3)4/h6-24H,25H2,1-5H3/q+1/i25D2. The Hall–Kier alpha value is -4.95. The van der Waals surface area contributed by atoms with Gasteiger partial charge in [0.1, 0.15) is 18.2 Å². The summed E-state index contributed by atoms with van der Waals surface area (Å²) < 4.78 is 26.4. The van der Waals surface area contributed by atoms with Crippen molar-refractivity contribution in [2.45, 2.75) is 34.1 Å². The van der Waals surface area contributed by atoms with Crippen LogP contribution >= 0.6 is 0 Å². The molecular weight excluding hydrogens is 534 g/mol. The average molecular weight is 573 g/mol. The lowest BCUT2D eigenvalue weighted by Crippen LogP contribution is -2.30. The maximum absolute atomic E-state index is 8.69. The lowest BCUT2D eigenvalue weighted by molar-refractivity contribution is -0.660. The molecule has 0 saturated carbocycles. The third kappa shape index (κ3) is 4.28. The zero-order valence-corrected chi connectivity index (χ0v) is 25.8. The number of aryl methyl sites for hydroxylation is 2. The highest BCUT2D eigenvalue weighted by molar-refractivity contribution is 6.28. The summed E-state index contributed by atoms with van der Waals surface area (Å²) in [4.78, 5) is 0. The van der Waals surface area contributed by atoms with E-state index in [2.05, 4.69) is 110 Å². The molecule has 0 bridgehead atoms. The SMILES string of the molecule is [2H]C([2H])(c1ccc(-c2cc[n+](C)c(-c3c(C)ccc4c3oc3cc5c6ccccc6c6ccccc6c5cc34)c2)cc1)C(C)(C)C. The van der Waals surface area contributed by atoms with E-state index in [9.17, 15) is 0 Å². The van der Waals surface area contributed by atoms with Gasteiger partial charge in [-0.05, 0) is 85.4 Å². The number of aromatic nitrogens is 1. The van der Waals surface area contributed by atoms with Crippen molar-refractivity contribution in [2.24, 2.45) is 12.5 Å². The van der Waals surface area contributed by atoms with Gasteiger partial charge in [0, 0.05) is 25.6 Å². The van der Waals surface area contributed by atoms with E-state index in [1.807, 2.05) is 45.0 Å². The van der Waals surface area contributed by atoms with Gasteiger partial charge in [-0.2, -0.15) is 0 Å². The minimum absolute atomic E-state index is 0.503. The summed E-state index contributed by atoms with van der Waals surface area (Å²) in [5.41, 5.74) is 7.39. The molecule has 0 unspecified atom stereocenters.